The molecule has 0 heterocycles. The van der Waals surface area contributed by atoms with Crippen molar-refractivity contribution in [1.29, 1.82) is 0 Å². The highest BCUT2D eigenvalue weighted by atomic mass is 32.2. The minimum Gasteiger partial charge on any atom is -0.282 e. The average molecular weight is 379 g/mol. The Labute approximate surface area is 162 Å². The first kappa shape index (κ1) is 19.8. The molecule has 0 saturated carbocycles. The Bertz CT molecular complexity index is 929. The maximum absolute atomic E-state index is 11.7. The average Bonchev–Trinajstić information content (AvgIpc) is 2.62. The minimum absolute atomic E-state index is 0.0350. The number of hydrogen-bond acceptors (Lipinski definition) is 4. The van der Waals surface area contributed by atoms with Crippen LogP contribution in [-0.4, -0.2) is 10.2 Å². The van der Waals surface area contributed by atoms with Crippen molar-refractivity contribution in [2.24, 2.45) is 0 Å². The Balaban J connectivity index is 2.10. The minimum atomic E-state index is -0.0741. The lowest BCUT2D eigenvalue weighted by Crippen LogP contribution is -1.90. The van der Waals surface area contributed by atoms with Crippen LogP contribution in [0.3, 0.4) is 0 Å². The fraction of sp³-hybridized carbons (Fsp3) is 0.0909. The van der Waals surface area contributed by atoms with Gasteiger partial charge in [0.15, 0.2) is 0 Å². The van der Waals surface area contributed by atoms with E-state index in [1.54, 1.807) is 6.92 Å². The van der Waals surface area contributed by atoms with E-state index in [1.807, 2.05) is 49.4 Å². The molecule has 2 aromatic rings. The van der Waals surface area contributed by atoms with Gasteiger partial charge in [0.2, 0.25) is 10.2 Å². The lowest BCUT2D eigenvalue weighted by Gasteiger charge is -2.03. The first-order valence-electron chi connectivity index (χ1n) is 7.83. The van der Waals surface area contributed by atoms with Crippen LogP contribution in [-0.2, 0) is 9.59 Å². The zero-order valence-corrected chi connectivity index (χ0v) is 16.3. The molecule has 2 aromatic carbocycles. The maximum atomic E-state index is 11.7. The summed E-state index contributed by atoms with van der Waals surface area (Å²) in [5.74, 6) is 6.23. The molecule has 0 saturated heterocycles. The van der Waals surface area contributed by atoms with Crippen molar-refractivity contribution in [3.05, 3.63) is 84.0 Å². The molecule has 26 heavy (non-hydrogen) atoms. The lowest BCUT2D eigenvalue weighted by atomic mass is 10.1. The van der Waals surface area contributed by atoms with E-state index in [0.717, 1.165) is 50.0 Å². The van der Waals surface area contributed by atoms with E-state index in [2.05, 4.69) is 25.0 Å². The summed E-state index contributed by atoms with van der Waals surface area (Å²) >= 11 is 2.32. The zero-order valence-electron chi connectivity index (χ0n) is 14.7. The molecule has 0 bridgehead atoms. The number of carbonyl (C=O) groups excluding carboxylic acids is 2. The quantitative estimate of drug-likeness (QED) is 0.406. The van der Waals surface area contributed by atoms with Crippen molar-refractivity contribution in [3.8, 4) is 11.8 Å². The Morgan fingerprint density at radius 2 is 1.62 bits per heavy atom. The number of carbonyl (C=O) groups is 2. The number of hydrogen-bond donors (Lipinski definition) is 0. The summed E-state index contributed by atoms with van der Waals surface area (Å²) in [4.78, 5) is 24.9. The third-order valence-electron chi connectivity index (χ3n) is 3.32. The Hall–Kier alpha value is -2.48. The van der Waals surface area contributed by atoms with E-state index in [1.165, 1.54) is 6.08 Å². The van der Waals surface area contributed by atoms with Crippen molar-refractivity contribution in [2.45, 2.75) is 23.6 Å². The molecule has 0 unspecified atom stereocenters. The van der Waals surface area contributed by atoms with Crippen LogP contribution in [0, 0.1) is 18.8 Å². The van der Waals surface area contributed by atoms with Gasteiger partial charge in [-0.15, -0.1) is 0 Å². The summed E-state index contributed by atoms with van der Waals surface area (Å²) < 4.78 is 0. The van der Waals surface area contributed by atoms with Crippen LogP contribution in [0.2, 0.25) is 0 Å². The molecule has 0 atom stereocenters. The van der Waals surface area contributed by atoms with E-state index in [4.69, 9.17) is 0 Å². The van der Waals surface area contributed by atoms with Gasteiger partial charge in [0, 0.05) is 20.9 Å². The monoisotopic (exact) mass is 378 g/mol. The fourth-order valence-corrected chi connectivity index (χ4v) is 3.25. The van der Waals surface area contributed by atoms with Gasteiger partial charge in [-0.05, 0) is 97.0 Å². The van der Waals surface area contributed by atoms with Gasteiger partial charge in [-0.25, -0.2) is 0 Å². The summed E-state index contributed by atoms with van der Waals surface area (Å²) in [6.07, 6.45) is 1.31. The molecule has 0 spiro atoms. The van der Waals surface area contributed by atoms with Gasteiger partial charge in [0.05, 0.1) is 0 Å². The second-order valence-corrected chi connectivity index (χ2v) is 7.64. The second kappa shape index (κ2) is 9.28. The molecule has 0 fully saturated rings. The van der Waals surface area contributed by atoms with Crippen LogP contribution in [0.15, 0.2) is 77.1 Å². The summed E-state index contributed by atoms with van der Waals surface area (Å²) in [5, 5.41) is -0.109. The molecular formula is C22H18O2S2. The van der Waals surface area contributed by atoms with Crippen LogP contribution in [0.25, 0.3) is 0 Å². The van der Waals surface area contributed by atoms with Gasteiger partial charge in [0.25, 0.3) is 0 Å². The summed E-state index contributed by atoms with van der Waals surface area (Å²) in [6.45, 7) is 10.8. The van der Waals surface area contributed by atoms with Crippen LogP contribution in [0.1, 0.15) is 23.6 Å². The van der Waals surface area contributed by atoms with Crippen LogP contribution >= 0.6 is 23.5 Å². The van der Waals surface area contributed by atoms with Crippen LogP contribution in [0.5, 0.6) is 0 Å². The molecule has 4 heteroatoms. The highest BCUT2D eigenvalue weighted by molar-refractivity contribution is 8.14. The van der Waals surface area contributed by atoms with Crippen LogP contribution < -0.4 is 0 Å². The molecule has 0 aliphatic heterocycles. The number of benzene rings is 2. The van der Waals surface area contributed by atoms with Gasteiger partial charge in [-0.3, -0.25) is 9.59 Å². The highest BCUT2D eigenvalue weighted by Gasteiger charge is 2.05. The molecule has 0 aromatic heterocycles. The van der Waals surface area contributed by atoms with Crippen molar-refractivity contribution in [2.75, 3.05) is 0 Å². The summed E-state index contributed by atoms with van der Waals surface area (Å²) in [5.41, 5.74) is 3.29. The predicted molar refractivity (Wildman–Crippen MR) is 110 cm³/mol. The van der Waals surface area contributed by atoms with E-state index in [0.29, 0.717) is 5.57 Å². The topological polar surface area (TPSA) is 34.1 Å². The smallest absolute Gasteiger partial charge is 0.219 e. The Kier molecular flexibility index (Phi) is 7.08. The largest absolute Gasteiger partial charge is 0.282 e. The Morgan fingerprint density at radius 1 is 1.00 bits per heavy atom. The zero-order chi connectivity index (χ0) is 19.1. The van der Waals surface area contributed by atoms with Gasteiger partial charge in [0.1, 0.15) is 0 Å². The molecule has 2 rings (SSSR count). The van der Waals surface area contributed by atoms with Gasteiger partial charge < -0.3 is 0 Å². The highest BCUT2D eigenvalue weighted by Crippen LogP contribution is 2.24. The van der Waals surface area contributed by atoms with Gasteiger partial charge >= 0.3 is 0 Å². The predicted octanol–water partition coefficient (Wildman–Crippen LogP) is 5.39. The molecule has 0 aliphatic rings. The van der Waals surface area contributed by atoms with Crippen molar-refractivity contribution in [1.82, 2.24) is 0 Å². The number of thioether (sulfide) groups is 2. The number of rotatable bonds is 4. The molecule has 2 nitrogen and oxygen atoms in total. The SMILES string of the molecule is C=CC(=O)Sc1ccc(C#Cc2ccc(SC(=O)C(=C)C)cc2)cc1C. The molecule has 0 N–H and O–H groups in total. The van der Waals surface area contributed by atoms with Crippen molar-refractivity contribution >= 4 is 33.8 Å². The fourth-order valence-electron chi connectivity index (χ4n) is 1.94. The third kappa shape index (κ3) is 5.80. The van der Waals surface area contributed by atoms with Crippen LogP contribution in [0.4, 0.5) is 0 Å². The van der Waals surface area contributed by atoms with Gasteiger partial charge in [-0.2, -0.15) is 0 Å². The first-order chi connectivity index (χ1) is 12.4. The molecule has 130 valence electrons. The molecule has 0 radical (unpaired) electrons. The van der Waals surface area contributed by atoms with E-state index in [-0.39, 0.29) is 10.2 Å². The summed E-state index contributed by atoms with van der Waals surface area (Å²) in [6, 6.07) is 13.3. The van der Waals surface area contributed by atoms with E-state index in [9.17, 15) is 9.59 Å². The van der Waals surface area contributed by atoms with Crippen molar-refractivity contribution in [3.63, 3.8) is 0 Å². The normalized spacial score (nSPS) is 9.77. The standard InChI is InChI=1S/C22H18O2S2/c1-5-21(23)26-20-13-10-18(14-16(20)4)7-6-17-8-11-19(12-9-17)25-22(24)15(2)3/h5,8-14H,1-2H2,3-4H3. The van der Waals surface area contributed by atoms with E-state index >= 15 is 0 Å². The number of aryl methyl sites for hydroxylation is 1. The second-order valence-electron chi connectivity index (χ2n) is 5.55. The molecule has 0 amide bonds. The van der Waals surface area contributed by atoms with Gasteiger partial charge in [-0.1, -0.05) is 25.0 Å². The van der Waals surface area contributed by atoms with Crippen molar-refractivity contribution < 1.29 is 9.59 Å². The summed E-state index contributed by atoms with van der Waals surface area (Å²) in [7, 11) is 0. The third-order valence-corrected chi connectivity index (χ3v) is 5.40. The van der Waals surface area contributed by atoms with E-state index < -0.39 is 0 Å². The maximum Gasteiger partial charge on any atom is 0.219 e. The first-order valence-corrected chi connectivity index (χ1v) is 9.47. The lowest BCUT2D eigenvalue weighted by molar-refractivity contribution is -0.108. The Morgan fingerprint density at radius 3 is 2.19 bits per heavy atom. The molecule has 0 aliphatic carbocycles. The molecular weight excluding hydrogens is 360 g/mol.